The highest BCUT2D eigenvalue weighted by Crippen LogP contribution is 2.45. The van der Waals surface area contributed by atoms with Gasteiger partial charge in [0.25, 0.3) is 5.56 Å². The van der Waals surface area contributed by atoms with Gasteiger partial charge in [0.1, 0.15) is 5.82 Å². The monoisotopic (exact) mass is 427 g/mol. The molecule has 1 aromatic carbocycles. The van der Waals surface area contributed by atoms with Gasteiger partial charge in [0.15, 0.2) is 22.4 Å². The second-order valence-electron chi connectivity index (χ2n) is 7.63. The van der Waals surface area contributed by atoms with E-state index in [4.69, 9.17) is 4.74 Å². The Labute approximate surface area is 179 Å². The van der Waals surface area contributed by atoms with Crippen molar-refractivity contribution >= 4 is 23.4 Å². The van der Waals surface area contributed by atoms with Gasteiger partial charge >= 0.3 is 0 Å². The Morgan fingerprint density at radius 1 is 1.33 bits per heavy atom. The number of carbonyl (C=O) groups is 1. The molecule has 0 bridgehead atoms. The van der Waals surface area contributed by atoms with Crippen LogP contribution >= 0.6 is 11.8 Å². The predicted molar refractivity (Wildman–Crippen MR) is 116 cm³/mol. The molecule has 0 radical (unpaired) electrons. The summed E-state index contributed by atoms with van der Waals surface area (Å²) in [5.74, 6) is 0.273. The number of carbonyl (C=O) groups excluding carboxylic acids is 1. The zero-order chi connectivity index (χ0) is 21.4. The number of ketones is 1. The maximum atomic E-state index is 13.2. The minimum absolute atomic E-state index is 0.00640. The van der Waals surface area contributed by atoms with E-state index in [0.29, 0.717) is 45.1 Å². The van der Waals surface area contributed by atoms with Gasteiger partial charge in [-0.05, 0) is 37.0 Å². The Balaban J connectivity index is 1.90. The van der Waals surface area contributed by atoms with Crippen molar-refractivity contribution < 1.29 is 14.6 Å². The van der Waals surface area contributed by atoms with Crippen LogP contribution in [0.4, 0.5) is 5.82 Å². The van der Waals surface area contributed by atoms with Crippen molar-refractivity contribution in [2.24, 2.45) is 0 Å². The third-order valence-corrected chi connectivity index (χ3v) is 6.81. The molecule has 1 aliphatic carbocycles. The average molecular weight is 428 g/mol. The summed E-state index contributed by atoms with van der Waals surface area (Å²) in [4.78, 5) is 33.6. The number of fused-ring (bicyclic) bond motifs is 1. The first-order chi connectivity index (χ1) is 14.4. The van der Waals surface area contributed by atoms with Crippen LogP contribution in [0.2, 0.25) is 0 Å². The van der Waals surface area contributed by atoms with E-state index < -0.39 is 5.92 Å². The number of phenolic OH excluding ortho intramolecular Hbond substituents is 1. The van der Waals surface area contributed by atoms with E-state index in [1.165, 1.54) is 24.9 Å². The number of aromatic nitrogens is 2. The zero-order valence-corrected chi connectivity index (χ0v) is 18.1. The lowest BCUT2D eigenvalue weighted by molar-refractivity contribution is -0.116. The van der Waals surface area contributed by atoms with Crippen molar-refractivity contribution in [1.29, 1.82) is 0 Å². The van der Waals surface area contributed by atoms with Crippen LogP contribution in [0.5, 0.6) is 11.5 Å². The number of aromatic amines is 1. The van der Waals surface area contributed by atoms with Crippen molar-refractivity contribution in [3.05, 3.63) is 50.9 Å². The van der Waals surface area contributed by atoms with E-state index in [1.807, 2.05) is 0 Å². The molecule has 3 N–H and O–H groups in total. The van der Waals surface area contributed by atoms with Crippen molar-refractivity contribution in [2.45, 2.75) is 55.9 Å². The fraction of sp³-hybridized carbons (Fsp3) is 0.409. The lowest BCUT2D eigenvalue weighted by Crippen LogP contribution is -2.32. The average Bonchev–Trinajstić information content (AvgIpc) is 2.72. The number of phenols is 1. The maximum absolute atomic E-state index is 13.2. The first-order valence-corrected chi connectivity index (χ1v) is 11.0. The normalized spacial score (nSPS) is 19.0. The van der Waals surface area contributed by atoms with Gasteiger partial charge in [-0.2, -0.15) is 0 Å². The van der Waals surface area contributed by atoms with Crippen LogP contribution in [-0.4, -0.2) is 33.2 Å². The van der Waals surface area contributed by atoms with Crippen LogP contribution in [0, 0.1) is 0 Å². The molecule has 2 heterocycles. The van der Waals surface area contributed by atoms with Gasteiger partial charge in [-0.15, -0.1) is 0 Å². The van der Waals surface area contributed by atoms with Gasteiger partial charge in [0, 0.05) is 28.9 Å². The fourth-order valence-electron chi connectivity index (χ4n) is 3.98. The van der Waals surface area contributed by atoms with Gasteiger partial charge < -0.3 is 20.1 Å². The fourth-order valence-corrected chi connectivity index (χ4v) is 4.82. The van der Waals surface area contributed by atoms with Crippen molar-refractivity contribution in [3.63, 3.8) is 0 Å². The Bertz CT molecular complexity index is 1090. The molecule has 0 amide bonds. The van der Waals surface area contributed by atoms with Gasteiger partial charge in [-0.3, -0.25) is 9.59 Å². The molecule has 0 saturated carbocycles. The number of nitrogens with zero attached hydrogens (tertiary/aromatic N) is 1. The SMILES string of the molecule is CC[C@H](C)Sc1nc2c(c(=O)[nH]1)[C@@H](c1ccc(O)c(OC)c1)C1=C(CCCC1=O)N2. The molecule has 4 rings (SSSR count). The van der Waals surface area contributed by atoms with Gasteiger partial charge in [-0.25, -0.2) is 4.98 Å². The zero-order valence-electron chi connectivity index (χ0n) is 17.2. The van der Waals surface area contributed by atoms with Crippen LogP contribution in [0.3, 0.4) is 0 Å². The summed E-state index contributed by atoms with van der Waals surface area (Å²) in [5, 5.41) is 14.2. The summed E-state index contributed by atoms with van der Waals surface area (Å²) in [6.45, 7) is 4.18. The first kappa shape index (κ1) is 20.5. The number of benzene rings is 1. The van der Waals surface area contributed by atoms with Crippen molar-refractivity contribution in [3.8, 4) is 11.5 Å². The number of allylic oxidation sites excluding steroid dienone is 2. The summed E-state index contributed by atoms with van der Waals surface area (Å²) >= 11 is 1.52. The molecule has 0 fully saturated rings. The number of rotatable bonds is 5. The van der Waals surface area contributed by atoms with E-state index in [0.717, 1.165) is 25.0 Å². The van der Waals surface area contributed by atoms with Gasteiger partial charge in [-0.1, -0.05) is 31.7 Å². The molecular weight excluding hydrogens is 402 g/mol. The summed E-state index contributed by atoms with van der Waals surface area (Å²) in [7, 11) is 1.47. The number of ether oxygens (including phenoxy) is 1. The molecule has 8 heteroatoms. The van der Waals surface area contributed by atoms with E-state index in [9.17, 15) is 14.7 Å². The molecule has 158 valence electrons. The number of hydrogen-bond acceptors (Lipinski definition) is 7. The maximum Gasteiger partial charge on any atom is 0.257 e. The Kier molecular flexibility index (Phi) is 5.60. The summed E-state index contributed by atoms with van der Waals surface area (Å²) < 4.78 is 5.26. The van der Waals surface area contributed by atoms with Crippen LogP contribution in [0.25, 0.3) is 0 Å². The molecule has 7 nitrogen and oxygen atoms in total. The van der Waals surface area contributed by atoms with Gasteiger partial charge in [0.05, 0.1) is 12.7 Å². The van der Waals surface area contributed by atoms with E-state index in [1.54, 1.807) is 12.1 Å². The second-order valence-corrected chi connectivity index (χ2v) is 9.06. The highest BCUT2D eigenvalue weighted by molar-refractivity contribution is 7.99. The minimum Gasteiger partial charge on any atom is -0.504 e. The molecule has 30 heavy (non-hydrogen) atoms. The molecule has 0 spiro atoms. The Morgan fingerprint density at radius 2 is 2.13 bits per heavy atom. The van der Waals surface area contributed by atoms with E-state index in [2.05, 4.69) is 29.1 Å². The molecule has 2 atom stereocenters. The molecule has 2 aliphatic rings. The van der Waals surface area contributed by atoms with Gasteiger partial charge in [0.2, 0.25) is 0 Å². The quantitative estimate of drug-likeness (QED) is 0.490. The van der Waals surface area contributed by atoms with Crippen molar-refractivity contribution in [1.82, 2.24) is 9.97 Å². The van der Waals surface area contributed by atoms with E-state index >= 15 is 0 Å². The molecule has 0 unspecified atom stereocenters. The van der Waals surface area contributed by atoms with Crippen LogP contribution in [0.15, 0.2) is 39.4 Å². The predicted octanol–water partition coefficient (Wildman–Crippen LogP) is 3.94. The number of thioether (sulfide) groups is 1. The lowest BCUT2D eigenvalue weighted by atomic mass is 9.76. The third kappa shape index (κ3) is 3.60. The second kappa shape index (κ2) is 8.18. The highest BCUT2D eigenvalue weighted by Gasteiger charge is 2.38. The van der Waals surface area contributed by atoms with Crippen LogP contribution in [0.1, 0.15) is 56.6 Å². The molecule has 2 aromatic rings. The highest BCUT2D eigenvalue weighted by atomic mass is 32.2. The number of aromatic hydroxyl groups is 1. The van der Waals surface area contributed by atoms with E-state index in [-0.39, 0.29) is 17.1 Å². The smallest absolute Gasteiger partial charge is 0.257 e. The minimum atomic E-state index is -0.558. The summed E-state index contributed by atoms with van der Waals surface area (Å²) in [6, 6.07) is 4.94. The number of H-pyrrole nitrogens is 1. The third-order valence-electron chi connectivity index (χ3n) is 5.66. The number of hydrogen-bond donors (Lipinski definition) is 3. The van der Waals surface area contributed by atoms with Crippen LogP contribution in [-0.2, 0) is 4.79 Å². The number of methoxy groups -OCH3 is 1. The largest absolute Gasteiger partial charge is 0.504 e. The number of Topliss-reactive ketones (excluding diaryl/α,β-unsaturated/α-hetero) is 1. The first-order valence-electron chi connectivity index (χ1n) is 10.1. The lowest BCUT2D eigenvalue weighted by Gasteiger charge is -2.33. The number of anilines is 1. The molecule has 1 aromatic heterocycles. The Hall–Kier alpha value is -2.74. The van der Waals surface area contributed by atoms with Crippen molar-refractivity contribution in [2.75, 3.05) is 12.4 Å². The molecule has 1 aliphatic heterocycles. The summed E-state index contributed by atoms with van der Waals surface area (Å²) in [5.41, 5.74) is 2.31. The summed E-state index contributed by atoms with van der Waals surface area (Å²) in [6.07, 6.45) is 2.91. The molecule has 0 saturated heterocycles. The number of nitrogens with one attached hydrogen (secondary N) is 2. The molecular formula is C22H25N3O4S. The Morgan fingerprint density at radius 3 is 2.87 bits per heavy atom. The van der Waals surface area contributed by atoms with Crippen LogP contribution < -0.4 is 15.6 Å². The topological polar surface area (TPSA) is 104 Å². The standard InChI is InChI=1S/C22H25N3O4S/c1-4-11(2)30-22-24-20-19(21(28)25-22)17(12-8-9-14(26)16(10-12)29-3)18-13(23-20)6-5-7-15(18)27/h8-11,17,26H,4-7H2,1-3H3,(H2,23,24,25,28)/t11-,17-/m0/s1.